The van der Waals surface area contributed by atoms with Crippen molar-refractivity contribution in [3.05, 3.63) is 216 Å². The minimum Gasteiger partial charge on any atom is -0.0991 e. The monoisotopic (exact) mass is 741 g/mol. The van der Waals surface area contributed by atoms with Gasteiger partial charge < -0.3 is 0 Å². The molecular formula is C56H68. The summed E-state index contributed by atoms with van der Waals surface area (Å²) in [6.45, 7) is 22.3. The number of aryl methyl sites for hydroxylation is 3. The molecule has 1 aliphatic carbocycles. The van der Waals surface area contributed by atoms with Crippen LogP contribution in [0.25, 0.3) is 32.7 Å². The molecule has 0 saturated heterocycles. The van der Waals surface area contributed by atoms with Crippen LogP contribution in [0.2, 0.25) is 0 Å². The second kappa shape index (κ2) is 28.0. The highest BCUT2D eigenvalue weighted by molar-refractivity contribution is 5.87. The maximum Gasteiger partial charge on any atom is 0.00291 e. The first kappa shape index (κ1) is 46.7. The molecule has 0 fully saturated rings. The van der Waals surface area contributed by atoms with Crippen molar-refractivity contribution in [3.8, 4) is 11.1 Å². The smallest absolute Gasteiger partial charge is 0.00291 e. The third-order valence-corrected chi connectivity index (χ3v) is 9.28. The van der Waals surface area contributed by atoms with Crippen LogP contribution < -0.4 is 0 Å². The van der Waals surface area contributed by atoms with Gasteiger partial charge in [-0.2, -0.15) is 0 Å². The van der Waals surface area contributed by atoms with Gasteiger partial charge in [0.25, 0.3) is 0 Å². The third-order valence-electron chi connectivity index (χ3n) is 9.28. The fraction of sp³-hybridized carbons (Fsp3) is 0.250. The number of hydrogen-bond donors (Lipinski definition) is 0. The normalized spacial score (nSPS) is 11.9. The molecule has 0 bridgehead atoms. The van der Waals surface area contributed by atoms with E-state index in [2.05, 4.69) is 186 Å². The van der Waals surface area contributed by atoms with Crippen LogP contribution in [0, 0.1) is 13.8 Å². The third kappa shape index (κ3) is 15.7. The molecule has 1 unspecified atom stereocenters. The summed E-state index contributed by atoms with van der Waals surface area (Å²) in [7, 11) is 0. The molecule has 0 heterocycles. The number of hydrogen-bond acceptors (Lipinski definition) is 0. The summed E-state index contributed by atoms with van der Waals surface area (Å²) in [4.78, 5) is 0. The molecule has 0 saturated carbocycles. The SMILES string of the molecule is C=C/C=C\C=C/C.CC.CC.CC(C1=CC=CCC1)c1cccc2ccccc12.CCCc1cccc2ccccc12.Cc1ccc(-c2ccc(C)cc2)cc1. The Hall–Kier alpha value is -5.46. The molecule has 6 aromatic carbocycles. The molecule has 0 spiro atoms. The van der Waals surface area contributed by atoms with E-state index in [0.717, 1.165) is 0 Å². The van der Waals surface area contributed by atoms with Crippen molar-refractivity contribution in [3.63, 3.8) is 0 Å². The van der Waals surface area contributed by atoms with Crippen LogP contribution in [0.15, 0.2) is 194 Å². The second-order valence-electron chi connectivity index (χ2n) is 13.3. The number of allylic oxidation sites excluding steroid dienone is 9. The summed E-state index contributed by atoms with van der Waals surface area (Å²) >= 11 is 0. The van der Waals surface area contributed by atoms with Crippen LogP contribution in [0.3, 0.4) is 0 Å². The molecule has 292 valence electrons. The van der Waals surface area contributed by atoms with Gasteiger partial charge in [0.05, 0.1) is 0 Å². The fourth-order valence-corrected chi connectivity index (χ4v) is 6.34. The summed E-state index contributed by atoms with van der Waals surface area (Å²) < 4.78 is 0. The molecule has 0 aromatic heterocycles. The summed E-state index contributed by atoms with van der Waals surface area (Å²) in [6.07, 6.45) is 21.0. The van der Waals surface area contributed by atoms with E-state index < -0.39 is 0 Å². The Morgan fingerprint density at radius 2 is 1.12 bits per heavy atom. The van der Waals surface area contributed by atoms with Gasteiger partial charge in [-0.3, -0.25) is 0 Å². The van der Waals surface area contributed by atoms with Gasteiger partial charge >= 0.3 is 0 Å². The van der Waals surface area contributed by atoms with Gasteiger partial charge in [0, 0.05) is 5.92 Å². The van der Waals surface area contributed by atoms with Crippen LogP contribution in [-0.4, -0.2) is 0 Å². The highest BCUT2D eigenvalue weighted by Crippen LogP contribution is 2.33. The minimum absolute atomic E-state index is 0.515. The quantitative estimate of drug-likeness (QED) is 0.143. The number of fused-ring (bicyclic) bond motifs is 2. The van der Waals surface area contributed by atoms with E-state index in [4.69, 9.17) is 0 Å². The van der Waals surface area contributed by atoms with Crippen LogP contribution in [0.4, 0.5) is 0 Å². The van der Waals surface area contributed by atoms with E-state index in [9.17, 15) is 0 Å². The van der Waals surface area contributed by atoms with E-state index in [1.807, 2.05) is 58.9 Å². The number of benzene rings is 6. The maximum atomic E-state index is 3.51. The zero-order valence-corrected chi connectivity index (χ0v) is 35.9. The zero-order chi connectivity index (χ0) is 41.0. The summed E-state index contributed by atoms with van der Waals surface area (Å²) in [5.74, 6) is 0.515. The molecular weight excluding hydrogens is 673 g/mol. The lowest BCUT2D eigenvalue weighted by molar-refractivity contribution is 0.804. The Morgan fingerprint density at radius 3 is 1.64 bits per heavy atom. The van der Waals surface area contributed by atoms with Gasteiger partial charge in [-0.25, -0.2) is 0 Å². The van der Waals surface area contributed by atoms with E-state index >= 15 is 0 Å². The van der Waals surface area contributed by atoms with Crippen molar-refractivity contribution in [1.82, 2.24) is 0 Å². The van der Waals surface area contributed by atoms with Crippen molar-refractivity contribution < 1.29 is 0 Å². The van der Waals surface area contributed by atoms with Crippen molar-refractivity contribution in [2.75, 3.05) is 0 Å². The lowest BCUT2D eigenvalue weighted by Gasteiger charge is -2.19. The summed E-state index contributed by atoms with van der Waals surface area (Å²) in [5, 5.41) is 5.50. The molecule has 56 heavy (non-hydrogen) atoms. The Morgan fingerprint density at radius 1 is 0.607 bits per heavy atom. The standard InChI is InChI=1S/C18H18.C14H14.C13H14.C7H10.2C2H6/c1-14(15-8-3-2-4-9-15)17-13-7-11-16-10-5-6-12-18(16)17;1-11-3-7-13(8-4-11)14-9-5-12(2)6-10-14;1-2-6-11-8-5-9-12-7-3-4-10-13(11)12;1-3-5-7-6-4-2;2*1-2/h2-3,5-8,10-14H,4,9H2,1H3;3-10H,1-2H3;3-5,7-10H,2,6H2,1H3;3-7H,1H2,2H3;2*1-2H3/b;;;6-4-,7-5-;;. The first-order valence-corrected chi connectivity index (χ1v) is 20.8. The molecule has 0 N–H and O–H groups in total. The fourth-order valence-electron chi connectivity index (χ4n) is 6.34. The van der Waals surface area contributed by atoms with Crippen molar-refractivity contribution >= 4 is 21.5 Å². The molecule has 0 amide bonds. The Bertz CT molecular complexity index is 2030. The molecule has 0 radical (unpaired) electrons. The largest absolute Gasteiger partial charge is 0.0991 e. The highest BCUT2D eigenvalue weighted by atomic mass is 14.2. The first-order chi connectivity index (χ1) is 27.4. The lowest BCUT2D eigenvalue weighted by Crippen LogP contribution is -2.00. The molecule has 0 heteroatoms. The Labute approximate surface area is 341 Å². The van der Waals surface area contributed by atoms with E-state index in [0.29, 0.717) is 5.92 Å². The first-order valence-electron chi connectivity index (χ1n) is 20.8. The predicted molar refractivity (Wildman–Crippen MR) is 255 cm³/mol. The molecule has 0 aliphatic heterocycles. The second-order valence-corrected chi connectivity index (χ2v) is 13.3. The molecule has 7 rings (SSSR count). The Balaban J connectivity index is 0.000000260. The van der Waals surface area contributed by atoms with Gasteiger partial charge in [-0.15, -0.1) is 0 Å². The van der Waals surface area contributed by atoms with E-state index in [1.54, 1.807) is 11.6 Å². The average Bonchev–Trinajstić information content (AvgIpc) is 3.27. The minimum atomic E-state index is 0.515. The van der Waals surface area contributed by atoms with E-state index in [1.165, 1.54) is 80.6 Å². The van der Waals surface area contributed by atoms with Gasteiger partial charge in [-0.1, -0.05) is 253 Å². The Kier molecular flexibility index (Phi) is 23.4. The van der Waals surface area contributed by atoms with Gasteiger partial charge in [-0.05, 0) is 83.8 Å². The molecule has 1 atom stereocenters. The summed E-state index contributed by atoms with van der Waals surface area (Å²) in [5.41, 5.74) is 9.66. The van der Waals surface area contributed by atoms with Crippen LogP contribution in [0.5, 0.6) is 0 Å². The lowest BCUT2D eigenvalue weighted by atomic mass is 9.85. The topological polar surface area (TPSA) is 0 Å². The van der Waals surface area contributed by atoms with Crippen LogP contribution in [0.1, 0.15) is 95.9 Å². The van der Waals surface area contributed by atoms with Crippen molar-refractivity contribution in [2.45, 2.75) is 93.9 Å². The predicted octanol–water partition coefficient (Wildman–Crippen LogP) is 17.3. The van der Waals surface area contributed by atoms with Crippen LogP contribution in [-0.2, 0) is 6.42 Å². The average molecular weight is 741 g/mol. The number of rotatable bonds is 7. The molecule has 1 aliphatic rings. The van der Waals surface area contributed by atoms with Crippen molar-refractivity contribution in [2.24, 2.45) is 0 Å². The van der Waals surface area contributed by atoms with Crippen LogP contribution >= 0.6 is 0 Å². The highest BCUT2D eigenvalue weighted by Gasteiger charge is 2.14. The van der Waals surface area contributed by atoms with E-state index in [-0.39, 0.29) is 0 Å². The van der Waals surface area contributed by atoms with Crippen molar-refractivity contribution in [1.29, 1.82) is 0 Å². The van der Waals surface area contributed by atoms with Gasteiger partial charge in [0.2, 0.25) is 0 Å². The molecule has 6 aromatic rings. The van der Waals surface area contributed by atoms with Gasteiger partial charge in [0.1, 0.15) is 0 Å². The maximum absolute atomic E-state index is 3.51. The summed E-state index contributed by atoms with van der Waals surface area (Å²) in [6, 6.07) is 47.7. The zero-order valence-electron chi connectivity index (χ0n) is 35.9. The molecule has 0 nitrogen and oxygen atoms in total. The van der Waals surface area contributed by atoms with Gasteiger partial charge in [0.15, 0.2) is 0 Å².